The van der Waals surface area contributed by atoms with Crippen molar-refractivity contribution in [2.45, 2.75) is 63.6 Å². The molecular weight excluding hydrogens is 589 g/mol. The highest BCUT2D eigenvalue weighted by molar-refractivity contribution is 7.89. The van der Waals surface area contributed by atoms with Crippen LogP contribution in [0, 0.1) is 16.7 Å². The lowest BCUT2D eigenvalue weighted by Gasteiger charge is -2.37. The largest absolute Gasteiger partial charge is 0.490 e. The molecule has 240 valence electrons. The Labute approximate surface area is 250 Å². The molecule has 1 aromatic rings. The van der Waals surface area contributed by atoms with Crippen molar-refractivity contribution >= 4 is 27.8 Å². The van der Waals surface area contributed by atoms with Gasteiger partial charge in [-0.05, 0) is 61.8 Å². The highest BCUT2D eigenvalue weighted by Crippen LogP contribution is 2.35. The number of aliphatic carboxylic acids is 1. The number of nitrogens with zero attached hydrogens (tertiary/aromatic N) is 2. The number of carboxylic acid groups (broad SMARTS) is 1. The van der Waals surface area contributed by atoms with E-state index in [4.69, 9.17) is 9.90 Å². The van der Waals surface area contributed by atoms with E-state index < -0.39 is 27.6 Å². The number of alkyl halides is 3. The normalized spacial score (nSPS) is 27.7. The van der Waals surface area contributed by atoms with Gasteiger partial charge in [-0.3, -0.25) is 9.59 Å². The maximum Gasteiger partial charge on any atom is 0.490 e. The summed E-state index contributed by atoms with van der Waals surface area (Å²) in [6, 6.07) is 6.14. The van der Waals surface area contributed by atoms with Crippen LogP contribution in [0.25, 0.3) is 0 Å². The van der Waals surface area contributed by atoms with Crippen LogP contribution in [0.4, 0.5) is 13.2 Å². The van der Waals surface area contributed by atoms with Gasteiger partial charge in [0, 0.05) is 38.8 Å². The molecule has 43 heavy (non-hydrogen) atoms. The third-order valence-corrected chi connectivity index (χ3v) is 9.76. The summed E-state index contributed by atoms with van der Waals surface area (Å²) in [5.41, 5.74) is -0.199. The molecule has 0 aromatic heterocycles. The van der Waals surface area contributed by atoms with E-state index in [9.17, 15) is 31.2 Å². The number of carbonyl (C=O) groups excluding carboxylic acids is 2. The molecule has 4 bridgehead atoms. The topological polar surface area (TPSA) is 136 Å². The SMILES string of the molecule is CN1C/C=C/CC2(CCCNC2)C(=O)N[C@@H]2CN(C[C@H]2CC(C)(C)C)C(=O)c2cccc(c2)S1(=O)=O.O=C(O)C(F)(F)F. The number of carboxylic acids is 1. The van der Waals surface area contributed by atoms with Crippen molar-refractivity contribution < 1.29 is 41.1 Å². The number of halogens is 3. The van der Waals surface area contributed by atoms with Crippen molar-refractivity contribution in [1.82, 2.24) is 19.8 Å². The Morgan fingerprint density at radius 1 is 1.14 bits per heavy atom. The monoisotopic (exact) mass is 630 g/mol. The molecule has 10 nitrogen and oxygen atoms in total. The van der Waals surface area contributed by atoms with Crippen LogP contribution in [0.5, 0.6) is 0 Å². The van der Waals surface area contributed by atoms with E-state index in [2.05, 4.69) is 31.4 Å². The zero-order valence-electron chi connectivity index (χ0n) is 24.9. The molecule has 14 heteroatoms. The van der Waals surface area contributed by atoms with Gasteiger partial charge >= 0.3 is 12.1 Å². The summed E-state index contributed by atoms with van der Waals surface area (Å²) >= 11 is 0. The number of amides is 2. The van der Waals surface area contributed by atoms with Crippen LogP contribution >= 0.6 is 0 Å². The summed E-state index contributed by atoms with van der Waals surface area (Å²) in [5.74, 6) is -2.82. The Morgan fingerprint density at radius 2 is 1.81 bits per heavy atom. The van der Waals surface area contributed by atoms with E-state index in [1.807, 2.05) is 12.2 Å². The molecule has 2 fully saturated rings. The van der Waals surface area contributed by atoms with E-state index in [0.29, 0.717) is 31.6 Å². The van der Waals surface area contributed by atoms with E-state index in [-0.39, 0.29) is 40.6 Å². The van der Waals surface area contributed by atoms with Crippen LogP contribution in [-0.2, 0) is 19.6 Å². The number of carbonyl (C=O) groups is 3. The average molecular weight is 631 g/mol. The van der Waals surface area contributed by atoms with E-state index in [0.717, 1.165) is 25.8 Å². The van der Waals surface area contributed by atoms with Crippen molar-refractivity contribution in [3.8, 4) is 0 Å². The Bertz CT molecular complexity index is 1320. The number of rotatable bonds is 1. The predicted molar refractivity (Wildman–Crippen MR) is 154 cm³/mol. The third kappa shape index (κ3) is 8.79. The number of hydrogen-bond acceptors (Lipinski definition) is 6. The first-order chi connectivity index (χ1) is 19.9. The summed E-state index contributed by atoms with van der Waals surface area (Å²) in [6.07, 6.45) is 1.76. The second-order valence-corrected chi connectivity index (χ2v) is 14.7. The second kappa shape index (κ2) is 13.3. The first-order valence-corrected chi connectivity index (χ1v) is 15.6. The molecule has 3 aliphatic heterocycles. The van der Waals surface area contributed by atoms with Gasteiger partial charge in [-0.1, -0.05) is 39.0 Å². The highest BCUT2D eigenvalue weighted by Gasteiger charge is 2.44. The Morgan fingerprint density at radius 3 is 2.40 bits per heavy atom. The lowest BCUT2D eigenvalue weighted by atomic mass is 9.76. The van der Waals surface area contributed by atoms with Gasteiger partial charge in [-0.15, -0.1) is 0 Å². The minimum absolute atomic E-state index is 0.0209. The predicted octanol–water partition coefficient (Wildman–Crippen LogP) is 3.26. The molecule has 3 aliphatic rings. The highest BCUT2D eigenvalue weighted by atomic mass is 32.2. The van der Waals surface area contributed by atoms with Crippen molar-refractivity contribution in [3.05, 3.63) is 42.0 Å². The Balaban J connectivity index is 0.000000646. The van der Waals surface area contributed by atoms with Gasteiger partial charge in [0.25, 0.3) is 5.91 Å². The molecule has 1 aromatic carbocycles. The summed E-state index contributed by atoms with van der Waals surface area (Å²) in [4.78, 5) is 38.1. The minimum atomic E-state index is -5.08. The maximum atomic E-state index is 13.8. The number of fused-ring (bicyclic) bond motifs is 4. The van der Waals surface area contributed by atoms with Crippen LogP contribution in [0.2, 0.25) is 0 Å². The van der Waals surface area contributed by atoms with Gasteiger partial charge in [0.1, 0.15) is 0 Å². The van der Waals surface area contributed by atoms with Crippen LogP contribution < -0.4 is 10.6 Å². The summed E-state index contributed by atoms with van der Waals surface area (Å²) < 4.78 is 59.4. The molecule has 0 saturated carbocycles. The number of nitrogens with one attached hydrogen (secondary N) is 2. The molecule has 1 spiro atoms. The fourth-order valence-corrected chi connectivity index (χ4v) is 6.89. The lowest BCUT2D eigenvalue weighted by molar-refractivity contribution is -0.192. The van der Waals surface area contributed by atoms with E-state index >= 15 is 0 Å². The van der Waals surface area contributed by atoms with Crippen LogP contribution in [0.1, 0.15) is 56.8 Å². The second-order valence-electron chi connectivity index (χ2n) is 12.7. The molecule has 4 rings (SSSR count). The van der Waals surface area contributed by atoms with Crippen molar-refractivity contribution in [2.75, 3.05) is 39.8 Å². The molecule has 3 atom stereocenters. The summed E-state index contributed by atoms with van der Waals surface area (Å²) in [7, 11) is -2.23. The fraction of sp³-hybridized carbons (Fsp3) is 0.621. The van der Waals surface area contributed by atoms with E-state index in [1.165, 1.54) is 23.5 Å². The molecule has 3 heterocycles. The maximum absolute atomic E-state index is 13.8. The average Bonchev–Trinajstić information content (AvgIpc) is 3.30. The molecular formula is C29H41F3N4O6S. The molecule has 2 saturated heterocycles. The number of sulfonamides is 1. The molecule has 0 radical (unpaired) electrons. The number of piperidine rings is 1. The van der Waals surface area contributed by atoms with Gasteiger partial charge in [-0.2, -0.15) is 17.5 Å². The molecule has 3 N–H and O–H groups in total. The van der Waals surface area contributed by atoms with Gasteiger partial charge in [0.2, 0.25) is 15.9 Å². The van der Waals surface area contributed by atoms with Gasteiger partial charge < -0.3 is 20.6 Å². The van der Waals surface area contributed by atoms with Crippen molar-refractivity contribution in [2.24, 2.45) is 16.7 Å². The van der Waals surface area contributed by atoms with Gasteiger partial charge in [0.15, 0.2) is 0 Å². The molecule has 0 aliphatic carbocycles. The fourth-order valence-electron chi connectivity index (χ4n) is 5.73. The van der Waals surface area contributed by atoms with E-state index in [1.54, 1.807) is 17.0 Å². The summed E-state index contributed by atoms with van der Waals surface area (Å²) in [5, 5.41) is 13.9. The van der Waals surface area contributed by atoms with Crippen molar-refractivity contribution in [3.63, 3.8) is 0 Å². The number of likely N-dealkylation sites (N-methyl/N-ethyl adjacent to an activating group) is 1. The zero-order chi connectivity index (χ0) is 32.2. The van der Waals surface area contributed by atoms with Crippen molar-refractivity contribution in [1.29, 1.82) is 0 Å². The first kappa shape index (κ1) is 34.5. The first-order valence-electron chi connectivity index (χ1n) is 14.2. The Hall–Kier alpha value is -2.97. The number of benzene rings is 1. The third-order valence-electron chi connectivity index (χ3n) is 7.94. The smallest absolute Gasteiger partial charge is 0.475 e. The summed E-state index contributed by atoms with van der Waals surface area (Å²) in [6.45, 7) is 9.13. The molecule has 1 unspecified atom stereocenters. The lowest BCUT2D eigenvalue weighted by Crippen LogP contribution is -2.54. The van der Waals surface area contributed by atoms with Crippen LogP contribution in [-0.4, -0.2) is 92.5 Å². The van der Waals surface area contributed by atoms with Crippen LogP contribution in [0.3, 0.4) is 0 Å². The Kier molecular flexibility index (Phi) is 10.7. The van der Waals surface area contributed by atoms with Gasteiger partial charge in [0.05, 0.1) is 16.4 Å². The molecule has 2 amide bonds. The minimum Gasteiger partial charge on any atom is -0.475 e. The standard InChI is InChI=1S/C27H40N4O4S.C2HF3O2/c1-26(2,3)16-21-17-31-18-23(21)29-25(33)27(12-8-13-28-19-27)11-5-6-14-30(4)36(34,35)22-10-7-9-20(15-22)24(31)32;3-2(4,5)1(6)7/h5-7,9-10,15,21,23,28H,8,11-14,16-19H2,1-4H3,(H,29,33);(H,6,7)/b6-5+;/t21-,23-,27?;/m1./s1. The van der Waals surface area contributed by atoms with Gasteiger partial charge in [-0.25, -0.2) is 13.2 Å². The van der Waals surface area contributed by atoms with Crippen LogP contribution in [0.15, 0.2) is 41.3 Å². The quantitative estimate of drug-likeness (QED) is 0.406. The zero-order valence-corrected chi connectivity index (χ0v) is 25.7. The number of allylic oxidation sites excluding steroid dienone is 1. The number of hydrogen-bond donors (Lipinski definition) is 3.